The summed E-state index contributed by atoms with van der Waals surface area (Å²) >= 11 is 0. The van der Waals surface area contributed by atoms with Crippen LogP contribution in [-0.2, 0) is 0 Å². The lowest BCUT2D eigenvalue weighted by Gasteiger charge is -2.04. The molecule has 82 valence electrons. The van der Waals surface area contributed by atoms with Crippen molar-refractivity contribution < 1.29 is 13.5 Å². The van der Waals surface area contributed by atoms with Crippen LogP contribution in [0.4, 0.5) is 8.78 Å². The second-order valence-electron chi connectivity index (χ2n) is 3.21. The average molecular weight is 221 g/mol. The first-order valence-electron chi connectivity index (χ1n) is 4.66. The molecule has 1 aromatic carbocycles. The fraction of sp³-hybridized carbons (Fsp3) is 0.0833. The maximum absolute atomic E-state index is 13.4. The Morgan fingerprint density at radius 3 is 2.69 bits per heavy atom. The SMILES string of the molecule is COc1ccnc(-c2cc(F)ccc2F)c1. The van der Waals surface area contributed by atoms with Crippen LogP contribution in [0.5, 0.6) is 5.75 Å². The molecule has 0 bridgehead atoms. The molecule has 0 aliphatic rings. The highest BCUT2D eigenvalue weighted by molar-refractivity contribution is 5.61. The molecule has 2 nitrogen and oxygen atoms in total. The van der Waals surface area contributed by atoms with E-state index in [0.717, 1.165) is 18.2 Å². The van der Waals surface area contributed by atoms with Crippen LogP contribution in [0, 0.1) is 11.6 Å². The van der Waals surface area contributed by atoms with Gasteiger partial charge in [-0.25, -0.2) is 8.78 Å². The van der Waals surface area contributed by atoms with Crippen molar-refractivity contribution in [2.75, 3.05) is 7.11 Å². The van der Waals surface area contributed by atoms with Crippen molar-refractivity contribution in [2.24, 2.45) is 0 Å². The summed E-state index contributed by atoms with van der Waals surface area (Å²) in [5.74, 6) is -0.461. The molecule has 0 saturated carbocycles. The fourth-order valence-electron chi connectivity index (χ4n) is 1.38. The van der Waals surface area contributed by atoms with Crippen molar-refractivity contribution in [1.29, 1.82) is 0 Å². The minimum Gasteiger partial charge on any atom is -0.497 e. The Morgan fingerprint density at radius 1 is 1.12 bits per heavy atom. The van der Waals surface area contributed by atoms with Gasteiger partial charge in [-0.1, -0.05) is 0 Å². The van der Waals surface area contributed by atoms with E-state index in [1.54, 1.807) is 12.1 Å². The van der Waals surface area contributed by atoms with Crippen LogP contribution in [0.3, 0.4) is 0 Å². The number of methoxy groups -OCH3 is 1. The number of rotatable bonds is 2. The van der Waals surface area contributed by atoms with Crippen LogP contribution in [0.25, 0.3) is 11.3 Å². The molecular weight excluding hydrogens is 212 g/mol. The third-order valence-corrected chi connectivity index (χ3v) is 2.17. The lowest BCUT2D eigenvalue weighted by atomic mass is 10.1. The van der Waals surface area contributed by atoms with Crippen molar-refractivity contribution in [1.82, 2.24) is 4.98 Å². The smallest absolute Gasteiger partial charge is 0.132 e. The number of aromatic nitrogens is 1. The predicted molar refractivity (Wildman–Crippen MR) is 56.1 cm³/mol. The van der Waals surface area contributed by atoms with Crippen molar-refractivity contribution in [3.05, 3.63) is 48.2 Å². The quantitative estimate of drug-likeness (QED) is 0.777. The van der Waals surface area contributed by atoms with Crippen LogP contribution in [0.1, 0.15) is 0 Å². The van der Waals surface area contributed by atoms with Crippen molar-refractivity contribution in [3.63, 3.8) is 0 Å². The zero-order valence-electron chi connectivity index (χ0n) is 8.58. The molecule has 0 saturated heterocycles. The van der Waals surface area contributed by atoms with Crippen LogP contribution < -0.4 is 4.74 Å². The third kappa shape index (κ3) is 2.00. The first-order valence-corrected chi connectivity index (χ1v) is 4.66. The van der Waals surface area contributed by atoms with Gasteiger partial charge < -0.3 is 4.74 Å². The second-order valence-corrected chi connectivity index (χ2v) is 3.21. The highest BCUT2D eigenvalue weighted by Crippen LogP contribution is 2.24. The topological polar surface area (TPSA) is 22.1 Å². The van der Waals surface area contributed by atoms with E-state index in [1.165, 1.54) is 13.3 Å². The van der Waals surface area contributed by atoms with E-state index in [0.29, 0.717) is 11.4 Å². The Balaban J connectivity index is 2.53. The summed E-state index contributed by atoms with van der Waals surface area (Å²) in [4.78, 5) is 3.97. The molecule has 0 radical (unpaired) electrons. The first kappa shape index (κ1) is 10.5. The number of pyridine rings is 1. The van der Waals surface area contributed by atoms with Crippen LogP contribution in [-0.4, -0.2) is 12.1 Å². The van der Waals surface area contributed by atoms with Crippen LogP contribution in [0.15, 0.2) is 36.5 Å². The van der Waals surface area contributed by atoms with Gasteiger partial charge in [0.25, 0.3) is 0 Å². The monoisotopic (exact) mass is 221 g/mol. The van der Waals surface area contributed by atoms with Crippen LogP contribution >= 0.6 is 0 Å². The fourth-order valence-corrected chi connectivity index (χ4v) is 1.38. The van der Waals surface area contributed by atoms with Gasteiger partial charge in [-0.3, -0.25) is 4.98 Å². The van der Waals surface area contributed by atoms with Gasteiger partial charge >= 0.3 is 0 Å². The standard InChI is InChI=1S/C12H9F2NO/c1-16-9-4-5-15-12(7-9)10-6-8(13)2-3-11(10)14/h2-7H,1H3. The Labute approximate surface area is 91.5 Å². The molecular formula is C12H9F2NO. The molecule has 2 aromatic rings. The maximum Gasteiger partial charge on any atom is 0.132 e. The summed E-state index contributed by atoms with van der Waals surface area (Å²) in [5, 5.41) is 0. The molecule has 1 aromatic heterocycles. The number of hydrogen-bond acceptors (Lipinski definition) is 2. The Kier molecular flexibility index (Phi) is 2.81. The summed E-state index contributed by atoms with van der Waals surface area (Å²) < 4.78 is 31.4. The van der Waals surface area contributed by atoms with E-state index >= 15 is 0 Å². The van der Waals surface area contributed by atoms with E-state index in [4.69, 9.17) is 4.74 Å². The first-order chi connectivity index (χ1) is 7.70. The van der Waals surface area contributed by atoms with E-state index in [-0.39, 0.29) is 5.56 Å². The van der Waals surface area contributed by atoms with Gasteiger partial charge in [0.05, 0.1) is 12.8 Å². The van der Waals surface area contributed by atoms with E-state index in [2.05, 4.69) is 4.98 Å². The Bertz CT molecular complexity index is 514. The highest BCUT2D eigenvalue weighted by atomic mass is 19.1. The van der Waals surface area contributed by atoms with Gasteiger partial charge in [-0.15, -0.1) is 0 Å². The molecule has 0 aliphatic carbocycles. The van der Waals surface area contributed by atoms with Crippen molar-refractivity contribution in [3.8, 4) is 17.0 Å². The second kappa shape index (κ2) is 4.26. The van der Waals surface area contributed by atoms with Gasteiger partial charge in [0.15, 0.2) is 0 Å². The number of hydrogen-bond donors (Lipinski definition) is 0. The van der Waals surface area contributed by atoms with Gasteiger partial charge in [0, 0.05) is 17.8 Å². The number of nitrogens with zero attached hydrogens (tertiary/aromatic N) is 1. The summed E-state index contributed by atoms with van der Waals surface area (Å²) in [7, 11) is 1.50. The molecule has 0 N–H and O–H groups in total. The van der Waals surface area contributed by atoms with E-state index in [1.807, 2.05) is 0 Å². The molecule has 2 rings (SSSR count). The van der Waals surface area contributed by atoms with Gasteiger partial charge in [-0.05, 0) is 24.3 Å². The van der Waals surface area contributed by atoms with Crippen LogP contribution in [0.2, 0.25) is 0 Å². The maximum atomic E-state index is 13.4. The normalized spacial score (nSPS) is 10.2. The number of halogens is 2. The minimum absolute atomic E-state index is 0.124. The molecule has 16 heavy (non-hydrogen) atoms. The predicted octanol–water partition coefficient (Wildman–Crippen LogP) is 3.04. The lowest BCUT2D eigenvalue weighted by Crippen LogP contribution is -1.91. The molecule has 0 spiro atoms. The number of benzene rings is 1. The summed E-state index contributed by atoms with van der Waals surface area (Å²) in [6.07, 6.45) is 1.48. The zero-order valence-corrected chi connectivity index (χ0v) is 8.58. The largest absolute Gasteiger partial charge is 0.497 e. The van der Waals surface area contributed by atoms with Crippen molar-refractivity contribution in [2.45, 2.75) is 0 Å². The molecule has 1 heterocycles. The van der Waals surface area contributed by atoms with Crippen molar-refractivity contribution >= 4 is 0 Å². The average Bonchev–Trinajstić information content (AvgIpc) is 2.32. The molecule has 0 amide bonds. The Hall–Kier alpha value is -1.97. The van der Waals surface area contributed by atoms with Gasteiger partial charge in [0.2, 0.25) is 0 Å². The molecule has 0 aliphatic heterocycles. The van der Waals surface area contributed by atoms with E-state index in [9.17, 15) is 8.78 Å². The van der Waals surface area contributed by atoms with E-state index < -0.39 is 11.6 Å². The van der Waals surface area contributed by atoms with Gasteiger partial charge in [0.1, 0.15) is 17.4 Å². The Morgan fingerprint density at radius 2 is 1.94 bits per heavy atom. The summed E-state index contributed by atoms with van der Waals surface area (Å²) in [5.41, 5.74) is 0.468. The lowest BCUT2D eigenvalue weighted by molar-refractivity contribution is 0.414. The van der Waals surface area contributed by atoms with Gasteiger partial charge in [-0.2, -0.15) is 0 Å². The molecule has 0 atom stereocenters. The molecule has 0 fully saturated rings. The summed E-state index contributed by atoms with van der Waals surface area (Å²) in [6, 6.07) is 6.44. The molecule has 4 heteroatoms. The molecule has 0 unspecified atom stereocenters. The minimum atomic E-state index is -0.512. The third-order valence-electron chi connectivity index (χ3n) is 2.17. The zero-order chi connectivity index (χ0) is 11.5. The summed E-state index contributed by atoms with van der Waals surface area (Å²) in [6.45, 7) is 0. The highest BCUT2D eigenvalue weighted by Gasteiger charge is 2.08. The number of ether oxygens (including phenoxy) is 1.